The molecule has 0 aliphatic carbocycles. The van der Waals surface area contributed by atoms with Crippen LogP contribution in [0.25, 0.3) is 0 Å². The molecule has 2 N–H and O–H groups in total. The number of furan rings is 1. The standard InChI is InChI=1S/C17H16N4O4S2/c22-16(12-26-17-18-7-3-8-19-17)21-13-4-1-6-15(10-13)27(23,24)20-11-14-5-2-9-25-14/h1-10,20H,11-12H2,(H,21,22). The van der Waals surface area contributed by atoms with Gasteiger partial charge in [-0.15, -0.1) is 0 Å². The molecule has 1 amide bonds. The second-order valence-electron chi connectivity index (χ2n) is 5.30. The Morgan fingerprint density at radius 2 is 1.93 bits per heavy atom. The molecule has 0 atom stereocenters. The van der Waals surface area contributed by atoms with Gasteiger partial charge in [-0.1, -0.05) is 17.8 Å². The molecule has 140 valence electrons. The van der Waals surface area contributed by atoms with Gasteiger partial charge in [0.2, 0.25) is 15.9 Å². The molecule has 0 bridgehead atoms. The first-order chi connectivity index (χ1) is 13.0. The summed E-state index contributed by atoms with van der Waals surface area (Å²) in [7, 11) is -3.74. The van der Waals surface area contributed by atoms with Crippen molar-refractivity contribution in [1.29, 1.82) is 0 Å². The zero-order valence-electron chi connectivity index (χ0n) is 14.0. The first-order valence-corrected chi connectivity index (χ1v) is 10.3. The van der Waals surface area contributed by atoms with Crippen molar-refractivity contribution in [1.82, 2.24) is 14.7 Å². The van der Waals surface area contributed by atoms with E-state index in [1.54, 1.807) is 42.7 Å². The molecular weight excluding hydrogens is 388 g/mol. The number of anilines is 1. The Hall–Kier alpha value is -2.69. The number of thioether (sulfide) groups is 1. The molecule has 3 rings (SSSR count). The van der Waals surface area contributed by atoms with Gasteiger partial charge in [0.25, 0.3) is 0 Å². The minimum atomic E-state index is -3.74. The lowest BCUT2D eigenvalue weighted by Crippen LogP contribution is -2.23. The van der Waals surface area contributed by atoms with Crippen molar-refractivity contribution >= 4 is 33.4 Å². The number of benzene rings is 1. The lowest BCUT2D eigenvalue weighted by molar-refractivity contribution is -0.113. The molecule has 27 heavy (non-hydrogen) atoms. The summed E-state index contributed by atoms with van der Waals surface area (Å²) in [5.74, 6) is 0.325. The van der Waals surface area contributed by atoms with Crippen molar-refractivity contribution < 1.29 is 17.6 Å². The Bertz CT molecular complexity index is 993. The Balaban J connectivity index is 1.60. The number of aromatic nitrogens is 2. The maximum absolute atomic E-state index is 12.4. The Kier molecular flexibility index (Phi) is 6.22. The van der Waals surface area contributed by atoms with Crippen molar-refractivity contribution in [3.63, 3.8) is 0 Å². The highest BCUT2D eigenvalue weighted by Gasteiger charge is 2.15. The van der Waals surface area contributed by atoms with E-state index in [2.05, 4.69) is 20.0 Å². The van der Waals surface area contributed by atoms with Crippen molar-refractivity contribution in [2.75, 3.05) is 11.1 Å². The molecule has 0 aliphatic heterocycles. The third-order valence-electron chi connectivity index (χ3n) is 3.32. The van der Waals surface area contributed by atoms with Gasteiger partial charge in [-0.2, -0.15) is 0 Å². The van der Waals surface area contributed by atoms with E-state index in [-0.39, 0.29) is 23.1 Å². The topological polar surface area (TPSA) is 114 Å². The molecule has 2 heterocycles. The zero-order valence-corrected chi connectivity index (χ0v) is 15.7. The maximum Gasteiger partial charge on any atom is 0.241 e. The molecule has 8 nitrogen and oxygen atoms in total. The smallest absolute Gasteiger partial charge is 0.241 e. The van der Waals surface area contributed by atoms with Crippen LogP contribution < -0.4 is 10.0 Å². The fraction of sp³-hybridized carbons (Fsp3) is 0.118. The van der Waals surface area contributed by atoms with Crippen molar-refractivity contribution in [2.45, 2.75) is 16.6 Å². The quantitative estimate of drug-likeness (QED) is 0.437. The summed E-state index contributed by atoms with van der Waals surface area (Å²) < 4.78 is 32.3. The predicted molar refractivity (Wildman–Crippen MR) is 101 cm³/mol. The van der Waals surface area contributed by atoms with Crippen LogP contribution in [0, 0.1) is 0 Å². The highest BCUT2D eigenvalue weighted by Crippen LogP contribution is 2.17. The van der Waals surface area contributed by atoms with Crippen LogP contribution in [0.5, 0.6) is 0 Å². The van der Waals surface area contributed by atoms with Gasteiger partial charge in [0.15, 0.2) is 5.16 Å². The lowest BCUT2D eigenvalue weighted by atomic mass is 10.3. The molecule has 2 aromatic heterocycles. The van der Waals surface area contributed by atoms with Crippen LogP contribution in [0.1, 0.15) is 5.76 Å². The van der Waals surface area contributed by atoms with Gasteiger partial charge in [0.1, 0.15) is 5.76 Å². The van der Waals surface area contributed by atoms with Crippen LogP contribution in [-0.4, -0.2) is 30.0 Å². The van der Waals surface area contributed by atoms with Crippen LogP contribution in [-0.2, 0) is 21.4 Å². The number of amides is 1. The number of carbonyl (C=O) groups is 1. The first kappa shape index (κ1) is 19.1. The molecule has 0 radical (unpaired) electrons. The molecule has 0 fully saturated rings. The summed E-state index contributed by atoms with van der Waals surface area (Å²) >= 11 is 1.19. The summed E-state index contributed by atoms with van der Waals surface area (Å²) in [5, 5.41) is 3.16. The van der Waals surface area contributed by atoms with Crippen molar-refractivity contribution in [3.05, 3.63) is 66.9 Å². The second kappa shape index (κ2) is 8.80. The van der Waals surface area contributed by atoms with Crippen LogP contribution in [0.3, 0.4) is 0 Å². The molecule has 1 aromatic carbocycles. The minimum Gasteiger partial charge on any atom is -0.468 e. The average Bonchev–Trinajstić information content (AvgIpc) is 3.20. The normalized spacial score (nSPS) is 11.3. The van der Waals surface area contributed by atoms with E-state index in [9.17, 15) is 13.2 Å². The minimum absolute atomic E-state index is 0.0413. The molecular formula is C17H16N4O4S2. The molecule has 0 spiro atoms. The van der Waals surface area contributed by atoms with Crippen molar-refractivity contribution in [3.8, 4) is 0 Å². The summed E-state index contributed by atoms with van der Waals surface area (Å²) in [4.78, 5) is 20.2. The number of hydrogen-bond donors (Lipinski definition) is 2. The molecule has 10 heteroatoms. The largest absolute Gasteiger partial charge is 0.468 e. The maximum atomic E-state index is 12.4. The van der Waals surface area contributed by atoms with E-state index >= 15 is 0 Å². The number of sulfonamides is 1. The van der Waals surface area contributed by atoms with E-state index in [1.165, 1.54) is 30.2 Å². The number of nitrogens with zero attached hydrogens (tertiary/aromatic N) is 2. The number of hydrogen-bond acceptors (Lipinski definition) is 7. The summed E-state index contributed by atoms with van der Waals surface area (Å²) in [5.41, 5.74) is 0.385. The fourth-order valence-electron chi connectivity index (χ4n) is 2.09. The highest BCUT2D eigenvalue weighted by atomic mass is 32.2. The summed E-state index contributed by atoms with van der Waals surface area (Å²) in [6.45, 7) is 0.0413. The van der Waals surface area contributed by atoms with Crippen LogP contribution in [0.2, 0.25) is 0 Å². The summed E-state index contributed by atoms with van der Waals surface area (Å²) in [6.07, 6.45) is 4.66. The van der Waals surface area contributed by atoms with Gasteiger partial charge in [0.05, 0.1) is 23.5 Å². The van der Waals surface area contributed by atoms with E-state index in [1.807, 2.05) is 0 Å². The number of carbonyl (C=O) groups excluding carboxylic acids is 1. The van der Waals surface area contributed by atoms with E-state index in [0.717, 1.165) is 0 Å². The fourth-order valence-corrected chi connectivity index (χ4v) is 3.73. The Labute approximate surface area is 160 Å². The van der Waals surface area contributed by atoms with E-state index in [4.69, 9.17) is 4.42 Å². The monoisotopic (exact) mass is 404 g/mol. The highest BCUT2D eigenvalue weighted by molar-refractivity contribution is 7.99. The van der Waals surface area contributed by atoms with E-state index < -0.39 is 10.0 Å². The molecule has 0 saturated heterocycles. The van der Waals surface area contributed by atoms with Gasteiger partial charge in [-0.05, 0) is 36.4 Å². The van der Waals surface area contributed by atoms with Crippen LogP contribution >= 0.6 is 11.8 Å². The number of nitrogens with one attached hydrogen (secondary N) is 2. The molecule has 0 unspecified atom stereocenters. The third kappa shape index (κ3) is 5.64. The van der Waals surface area contributed by atoms with Gasteiger partial charge < -0.3 is 9.73 Å². The van der Waals surface area contributed by atoms with Gasteiger partial charge in [-0.25, -0.2) is 23.1 Å². The first-order valence-electron chi connectivity index (χ1n) is 7.85. The van der Waals surface area contributed by atoms with Gasteiger partial charge >= 0.3 is 0 Å². The third-order valence-corrected chi connectivity index (χ3v) is 5.59. The molecule has 3 aromatic rings. The zero-order chi connectivity index (χ0) is 19.1. The molecule has 0 aliphatic rings. The average molecular weight is 404 g/mol. The van der Waals surface area contributed by atoms with E-state index in [0.29, 0.717) is 16.6 Å². The Morgan fingerprint density at radius 3 is 2.67 bits per heavy atom. The predicted octanol–water partition coefficient (Wildman–Crippen LogP) is 2.28. The summed E-state index contributed by atoms with van der Waals surface area (Å²) in [6, 6.07) is 11.1. The van der Waals surface area contributed by atoms with Crippen LogP contribution in [0.4, 0.5) is 5.69 Å². The van der Waals surface area contributed by atoms with Crippen molar-refractivity contribution in [2.24, 2.45) is 0 Å². The lowest BCUT2D eigenvalue weighted by Gasteiger charge is -2.09. The number of rotatable bonds is 8. The molecule has 0 saturated carbocycles. The van der Waals surface area contributed by atoms with Gasteiger partial charge in [-0.3, -0.25) is 4.79 Å². The Morgan fingerprint density at radius 1 is 1.11 bits per heavy atom. The van der Waals surface area contributed by atoms with Gasteiger partial charge in [0, 0.05) is 18.1 Å². The second-order valence-corrected chi connectivity index (χ2v) is 8.01. The van der Waals surface area contributed by atoms with Crippen LogP contribution in [0.15, 0.2) is 75.6 Å². The SMILES string of the molecule is O=C(CSc1ncccn1)Nc1cccc(S(=O)(=O)NCc2ccco2)c1.